The zero-order valence-corrected chi connectivity index (χ0v) is 10.0. The normalized spacial score (nSPS) is 12.8. The molecule has 2 rings (SSSR count). The fourth-order valence-corrected chi connectivity index (χ4v) is 2.32. The molecule has 0 aliphatic heterocycles. The average molecular weight is 258 g/mol. The van der Waals surface area contributed by atoms with Crippen molar-refractivity contribution >= 4 is 22.9 Å². The van der Waals surface area contributed by atoms with Crippen LogP contribution < -0.4 is 0 Å². The summed E-state index contributed by atoms with van der Waals surface area (Å²) >= 11 is 6.94. The molecule has 1 aromatic carbocycles. The lowest BCUT2D eigenvalue weighted by Gasteiger charge is -2.00. The van der Waals surface area contributed by atoms with Gasteiger partial charge in [-0.15, -0.1) is 11.3 Å². The summed E-state index contributed by atoms with van der Waals surface area (Å²) in [5.74, 6) is -0.476. The van der Waals surface area contributed by atoms with Crippen LogP contribution in [-0.4, -0.2) is 10.1 Å². The van der Waals surface area contributed by atoms with Gasteiger partial charge in [-0.25, -0.2) is 9.37 Å². The van der Waals surface area contributed by atoms with Gasteiger partial charge in [0.15, 0.2) is 5.82 Å². The highest BCUT2D eigenvalue weighted by Gasteiger charge is 2.13. The molecule has 1 heterocycles. The number of benzene rings is 1. The Bertz CT molecular complexity index is 512. The maximum absolute atomic E-state index is 13.7. The van der Waals surface area contributed by atoms with Crippen LogP contribution in [0, 0.1) is 5.82 Å². The summed E-state index contributed by atoms with van der Waals surface area (Å²) in [6.07, 6.45) is 0.957. The molecule has 0 saturated carbocycles. The zero-order chi connectivity index (χ0) is 11.7. The van der Waals surface area contributed by atoms with E-state index in [0.29, 0.717) is 15.4 Å². The highest BCUT2D eigenvalue weighted by molar-refractivity contribution is 7.15. The first-order valence-electron chi connectivity index (χ1n) is 4.67. The van der Waals surface area contributed by atoms with Crippen LogP contribution in [0.1, 0.15) is 17.9 Å². The van der Waals surface area contributed by atoms with Gasteiger partial charge in [0.1, 0.15) is 5.01 Å². The summed E-state index contributed by atoms with van der Waals surface area (Å²) in [6, 6.07) is 4.78. The second kappa shape index (κ2) is 4.49. The number of thiazole rings is 1. The third-order valence-electron chi connectivity index (χ3n) is 2.12. The second-order valence-electron chi connectivity index (χ2n) is 3.35. The van der Waals surface area contributed by atoms with Crippen LogP contribution in [0.3, 0.4) is 0 Å². The number of hydrogen-bond donors (Lipinski definition) is 1. The predicted molar refractivity (Wildman–Crippen MR) is 63.2 cm³/mol. The molecular formula is C11H9ClFNOS. The van der Waals surface area contributed by atoms with Gasteiger partial charge < -0.3 is 5.11 Å². The van der Waals surface area contributed by atoms with Crippen LogP contribution >= 0.6 is 22.9 Å². The van der Waals surface area contributed by atoms with Crippen molar-refractivity contribution in [1.82, 2.24) is 4.98 Å². The van der Waals surface area contributed by atoms with Crippen molar-refractivity contribution in [2.45, 2.75) is 13.0 Å². The molecule has 5 heteroatoms. The average Bonchev–Trinajstić information content (AvgIpc) is 2.71. The van der Waals surface area contributed by atoms with Crippen molar-refractivity contribution in [3.8, 4) is 10.6 Å². The Morgan fingerprint density at radius 2 is 2.25 bits per heavy atom. The van der Waals surface area contributed by atoms with E-state index in [1.54, 1.807) is 25.3 Å². The maximum atomic E-state index is 13.7. The van der Waals surface area contributed by atoms with Crippen LogP contribution in [0.2, 0.25) is 5.02 Å². The van der Waals surface area contributed by atoms with Gasteiger partial charge in [0, 0.05) is 11.8 Å². The largest absolute Gasteiger partial charge is 0.388 e. The molecule has 16 heavy (non-hydrogen) atoms. The Hall–Kier alpha value is -0.970. The van der Waals surface area contributed by atoms with E-state index in [-0.39, 0.29) is 5.02 Å². The van der Waals surface area contributed by atoms with E-state index in [2.05, 4.69) is 4.98 Å². The highest BCUT2D eigenvalue weighted by atomic mass is 35.5. The number of hydrogen-bond acceptors (Lipinski definition) is 3. The minimum absolute atomic E-state index is 0.0753. The lowest BCUT2D eigenvalue weighted by molar-refractivity contribution is 0.203. The van der Waals surface area contributed by atoms with E-state index in [4.69, 9.17) is 11.6 Å². The Labute approximate surface area is 101 Å². The summed E-state index contributed by atoms with van der Waals surface area (Å²) < 4.78 is 13.7. The summed E-state index contributed by atoms with van der Waals surface area (Å²) in [5, 5.41) is 9.96. The van der Waals surface area contributed by atoms with Crippen LogP contribution in [0.5, 0.6) is 0 Å². The standard InChI is InChI=1S/C11H9ClFNOS/c1-6(15)9-5-14-11(16-9)7-3-2-4-8(12)10(7)13/h2-6,15H,1H3. The van der Waals surface area contributed by atoms with Crippen molar-refractivity contribution < 1.29 is 9.50 Å². The van der Waals surface area contributed by atoms with E-state index < -0.39 is 11.9 Å². The number of aliphatic hydroxyl groups is 1. The Morgan fingerprint density at radius 3 is 2.88 bits per heavy atom. The first-order valence-corrected chi connectivity index (χ1v) is 5.87. The maximum Gasteiger partial charge on any atom is 0.152 e. The molecule has 0 saturated heterocycles. The van der Waals surface area contributed by atoms with Gasteiger partial charge in [0.2, 0.25) is 0 Å². The van der Waals surface area contributed by atoms with Crippen molar-refractivity contribution in [2.24, 2.45) is 0 Å². The monoisotopic (exact) mass is 257 g/mol. The van der Waals surface area contributed by atoms with Gasteiger partial charge >= 0.3 is 0 Å². The molecule has 1 atom stereocenters. The summed E-state index contributed by atoms with van der Waals surface area (Å²) in [4.78, 5) is 4.77. The molecule has 0 radical (unpaired) electrons. The molecule has 1 unspecified atom stereocenters. The molecule has 0 amide bonds. The Morgan fingerprint density at radius 1 is 1.50 bits per heavy atom. The van der Waals surface area contributed by atoms with Gasteiger partial charge in [0.25, 0.3) is 0 Å². The first-order chi connectivity index (χ1) is 7.59. The number of aromatic nitrogens is 1. The molecule has 0 fully saturated rings. The summed E-state index contributed by atoms with van der Waals surface area (Å²) in [7, 11) is 0. The lowest BCUT2D eigenvalue weighted by atomic mass is 10.2. The molecule has 2 nitrogen and oxygen atoms in total. The summed E-state index contributed by atoms with van der Waals surface area (Å²) in [6.45, 7) is 1.64. The molecule has 0 bridgehead atoms. The lowest BCUT2D eigenvalue weighted by Crippen LogP contribution is -1.84. The van der Waals surface area contributed by atoms with Crippen molar-refractivity contribution in [3.63, 3.8) is 0 Å². The van der Waals surface area contributed by atoms with Gasteiger partial charge in [-0.2, -0.15) is 0 Å². The second-order valence-corrected chi connectivity index (χ2v) is 4.81. The van der Waals surface area contributed by atoms with Crippen LogP contribution in [0.15, 0.2) is 24.4 Å². The van der Waals surface area contributed by atoms with Crippen LogP contribution in [0.25, 0.3) is 10.6 Å². The topological polar surface area (TPSA) is 33.1 Å². The predicted octanol–water partition coefficient (Wildman–Crippen LogP) is 3.66. The SMILES string of the molecule is CC(O)c1cnc(-c2cccc(Cl)c2F)s1. The molecule has 84 valence electrons. The number of rotatable bonds is 2. The minimum Gasteiger partial charge on any atom is -0.388 e. The molecule has 1 N–H and O–H groups in total. The Balaban J connectivity index is 2.47. The fraction of sp³-hybridized carbons (Fsp3) is 0.182. The zero-order valence-electron chi connectivity index (χ0n) is 8.45. The molecule has 0 aliphatic carbocycles. The molecule has 2 aromatic rings. The summed E-state index contributed by atoms with van der Waals surface area (Å²) in [5.41, 5.74) is 0.365. The van der Waals surface area contributed by atoms with E-state index in [1.165, 1.54) is 17.4 Å². The quantitative estimate of drug-likeness (QED) is 0.891. The third-order valence-corrected chi connectivity index (χ3v) is 3.61. The number of aliphatic hydroxyl groups excluding tert-OH is 1. The van der Waals surface area contributed by atoms with Crippen LogP contribution in [0.4, 0.5) is 4.39 Å². The van der Waals surface area contributed by atoms with Crippen LogP contribution in [-0.2, 0) is 0 Å². The first kappa shape index (κ1) is 11.5. The van der Waals surface area contributed by atoms with Crippen molar-refractivity contribution in [1.29, 1.82) is 0 Å². The van der Waals surface area contributed by atoms with Crippen molar-refractivity contribution in [3.05, 3.63) is 40.1 Å². The van der Waals surface area contributed by atoms with E-state index in [0.717, 1.165) is 0 Å². The minimum atomic E-state index is -0.589. The van der Waals surface area contributed by atoms with Gasteiger partial charge in [-0.05, 0) is 19.1 Å². The Kier molecular flexibility index (Phi) is 3.23. The number of nitrogens with zero attached hydrogens (tertiary/aromatic N) is 1. The van der Waals surface area contributed by atoms with E-state index >= 15 is 0 Å². The molecule has 0 spiro atoms. The highest BCUT2D eigenvalue weighted by Crippen LogP contribution is 2.32. The van der Waals surface area contributed by atoms with E-state index in [9.17, 15) is 9.50 Å². The third kappa shape index (κ3) is 2.09. The molecule has 0 aliphatic rings. The molecule has 1 aromatic heterocycles. The fourth-order valence-electron chi connectivity index (χ4n) is 1.27. The smallest absolute Gasteiger partial charge is 0.152 e. The molecular weight excluding hydrogens is 249 g/mol. The van der Waals surface area contributed by atoms with E-state index in [1.807, 2.05) is 0 Å². The van der Waals surface area contributed by atoms with Gasteiger partial charge in [-0.1, -0.05) is 17.7 Å². The number of halogens is 2. The van der Waals surface area contributed by atoms with Gasteiger partial charge in [0.05, 0.1) is 16.0 Å². The van der Waals surface area contributed by atoms with Gasteiger partial charge in [-0.3, -0.25) is 0 Å². The van der Waals surface area contributed by atoms with Crippen molar-refractivity contribution in [2.75, 3.05) is 0 Å².